The van der Waals surface area contributed by atoms with Crippen LogP contribution in [0.1, 0.15) is 21.6 Å². The molecule has 0 saturated heterocycles. The zero-order chi connectivity index (χ0) is 17.2. The van der Waals surface area contributed by atoms with Gasteiger partial charge in [0, 0.05) is 28.7 Å². The monoisotopic (exact) mass is 352 g/mol. The highest BCUT2D eigenvalue weighted by atomic mass is 32.1. The summed E-state index contributed by atoms with van der Waals surface area (Å²) in [7, 11) is 0. The molecule has 2 aromatic carbocycles. The smallest absolute Gasteiger partial charge is 0.251 e. The number of nitrogens with zero attached hydrogens (tertiary/aromatic N) is 1. The minimum atomic E-state index is -0.150. The summed E-state index contributed by atoms with van der Waals surface area (Å²) in [6, 6.07) is 13.2. The van der Waals surface area contributed by atoms with E-state index in [0.717, 1.165) is 21.8 Å². The van der Waals surface area contributed by atoms with Crippen LogP contribution in [-0.2, 0) is 6.54 Å². The average Bonchev–Trinajstić information content (AvgIpc) is 3.28. The number of amides is 1. The summed E-state index contributed by atoms with van der Waals surface area (Å²) in [6.07, 6.45) is 0. The molecular formula is C19H16N2O3S. The molecular weight excluding hydrogens is 336 g/mol. The lowest BCUT2D eigenvalue weighted by atomic mass is 10.1. The van der Waals surface area contributed by atoms with Crippen LogP contribution in [0.2, 0.25) is 0 Å². The third kappa shape index (κ3) is 3.21. The molecule has 5 nitrogen and oxygen atoms in total. The van der Waals surface area contributed by atoms with E-state index in [2.05, 4.69) is 10.3 Å². The first kappa shape index (κ1) is 15.7. The quantitative estimate of drug-likeness (QED) is 0.776. The van der Waals surface area contributed by atoms with Crippen molar-refractivity contribution in [1.29, 1.82) is 0 Å². The summed E-state index contributed by atoms with van der Waals surface area (Å²) in [5.41, 5.74) is 3.63. The van der Waals surface area contributed by atoms with Crippen molar-refractivity contribution in [2.75, 3.05) is 6.79 Å². The van der Waals surface area contributed by atoms with Crippen molar-refractivity contribution in [1.82, 2.24) is 10.3 Å². The number of nitrogens with one attached hydrogen (secondary N) is 1. The van der Waals surface area contributed by atoms with Crippen molar-refractivity contribution in [3.63, 3.8) is 0 Å². The van der Waals surface area contributed by atoms with Gasteiger partial charge in [-0.15, -0.1) is 11.3 Å². The molecule has 6 heteroatoms. The zero-order valence-corrected chi connectivity index (χ0v) is 14.4. The third-order valence-corrected chi connectivity index (χ3v) is 4.93. The highest BCUT2D eigenvalue weighted by Gasteiger charge is 2.16. The van der Waals surface area contributed by atoms with Crippen molar-refractivity contribution < 1.29 is 14.3 Å². The summed E-state index contributed by atoms with van der Waals surface area (Å²) in [6.45, 7) is 2.60. The van der Waals surface area contributed by atoms with Gasteiger partial charge in [-0.1, -0.05) is 24.3 Å². The summed E-state index contributed by atoms with van der Waals surface area (Å²) in [5, 5.41) is 5.95. The fourth-order valence-electron chi connectivity index (χ4n) is 2.68. The lowest BCUT2D eigenvalue weighted by Crippen LogP contribution is -2.23. The van der Waals surface area contributed by atoms with Gasteiger partial charge in [0.2, 0.25) is 6.79 Å². The lowest BCUT2D eigenvalue weighted by molar-refractivity contribution is 0.0950. The van der Waals surface area contributed by atoms with E-state index < -0.39 is 0 Å². The number of benzene rings is 2. The van der Waals surface area contributed by atoms with Crippen molar-refractivity contribution >= 4 is 17.2 Å². The summed E-state index contributed by atoms with van der Waals surface area (Å²) in [5.74, 6) is 1.12. The van der Waals surface area contributed by atoms with Crippen LogP contribution in [0.25, 0.3) is 10.6 Å². The van der Waals surface area contributed by atoms with Gasteiger partial charge < -0.3 is 14.8 Å². The maximum absolute atomic E-state index is 12.4. The molecule has 1 aliphatic heterocycles. The first-order valence-corrected chi connectivity index (χ1v) is 8.77. The van der Waals surface area contributed by atoms with Crippen LogP contribution in [-0.4, -0.2) is 17.7 Å². The van der Waals surface area contributed by atoms with E-state index in [1.807, 2.05) is 36.6 Å². The van der Waals surface area contributed by atoms with Gasteiger partial charge in [-0.2, -0.15) is 0 Å². The lowest BCUT2D eigenvalue weighted by Gasteiger charge is -2.09. The second-order valence-corrected chi connectivity index (χ2v) is 6.56. The van der Waals surface area contributed by atoms with Gasteiger partial charge in [0.15, 0.2) is 11.5 Å². The van der Waals surface area contributed by atoms with Crippen LogP contribution in [0.4, 0.5) is 0 Å². The number of ether oxygens (including phenoxy) is 2. The highest BCUT2D eigenvalue weighted by molar-refractivity contribution is 7.13. The maximum Gasteiger partial charge on any atom is 0.251 e. The van der Waals surface area contributed by atoms with E-state index in [0.29, 0.717) is 23.6 Å². The van der Waals surface area contributed by atoms with Crippen LogP contribution in [0.5, 0.6) is 11.5 Å². The minimum absolute atomic E-state index is 0.150. The standard InChI is InChI=1S/C19H16N2O3S/c1-12-10-25-19(21-12)15-5-3-2-4-14(15)9-20-18(22)13-6-7-16-17(8-13)24-11-23-16/h2-8,10H,9,11H2,1H3,(H,20,22). The molecule has 4 rings (SSSR count). The second kappa shape index (κ2) is 6.57. The van der Waals surface area contributed by atoms with E-state index in [-0.39, 0.29) is 12.7 Å². The van der Waals surface area contributed by atoms with Crippen LogP contribution >= 0.6 is 11.3 Å². The largest absolute Gasteiger partial charge is 0.454 e. The van der Waals surface area contributed by atoms with Crippen molar-refractivity contribution in [3.8, 4) is 22.1 Å². The van der Waals surface area contributed by atoms with Crippen LogP contribution in [0.3, 0.4) is 0 Å². The Morgan fingerprint density at radius 3 is 2.88 bits per heavy atom. The number of thiazole rings is 1. The predicted octanol–water partition coefficient (Wildman–Crippen LogP) is 3.78. The molecule has 1 amide bonds. The van der Waals surface area contributed by atoms with E-state index in [1.165, 1.54) is 0 Å². The van der Waals surface area contributed by atoms with Crippen LogP contribution in [0.15, 0.2) is 47.8 Å². The maximum atomic E-state index is 12.4. The molecule has 0 atom stereocenters. The number of hydrogen-bond donors (Lipinski definition) is 1. The summed E-state index contributed by atoms with van der Waals surface area (Å²) in [4.78, 5) is 17.0. The molecule has 1 aromatic heterocycles. The van der Waals surface area contributed by atoms with Gasteiger partial charge >= 0.3 is 0 Å². The fraction of sp³-hybridized carbons (Fsp3) is 0.158. The van der Waals surface area contributed by atoms with Gasteiger partial charge in [0.05, 0.1) is 0 Å². The number of aromatic nitrogens is 1. The van der Waals surface area contributed by atoms with Gasteiger partial charge in [0.25, 0.3) is 5.91 Å². The molecule has 1 aliphatic rings. The van der Waals surface area contributed by atoms with Gasteiger partial charge in [-0.25, -0.2) is 4.98 Å². The SMILES string of the molecule is Cc1csc(-c2ccccc2CNC(=O)c2ccc3c(c2)OCO3)n1. The molecule has 0 unspecified atom stereocenters. The average molecular weight is 352 g/mol. The molecule has 0 fully saturated rings. The Morgan fingerprint density at radius 1 is 1.20 bits per heavy atom. The third-order valence-electron chi connectivity index (χ3n) is 3.94. The highest BCUT2D eigenvalue weighted by Crippen LogP contribution is 2.32. The molecule has 0 bridgehead atoms. The molecule has 3 aromatic rings. The number of carbonyl (C=O) groups excluding carboxylic acids is 1. The molecule has 0 saturated carbocycles. The topological polar surface area (TPSA) is 60.5 Å². The van der Waals surface area contributed by atoms with Gasteiger partial charge in [0.1, 0.15) is 5.01 Å². The normalized spacial score (nSPS) is 12.2. The first-order valence-electron chi connectivity index (χ1n) is 7.89. The van der Waals surface area contributed by atoms with E-state index in [9.17, 15) is 4.79 Å². The van der Waals surface area contributed by atoms with Crippen molar-refractivity contribution in [2.45, 2.75) is 13.5 Å². The Morgan fingerprint density at radius 2 is 2.04 bits per heavy atom. The Bertz CT molecular complexity index is 936. The number of aryl methyl sites for hydroxylation is 1. The first-order chi connectivity index (χ1) is 12.2. The van der Waals surface area contributed by atoms with Crippen molar-refractivity contribution in [2.24, 2.45) is 0 Å². The Hall–Kier alpha value is -2.86. The van der Waals surface area contributed by atoms with Gasteiger partial charge in [-0.3, -0.25) is 4.79 Å². The molecule has 0 radical (unpaired) electrons. The van der Waals surface area contributed by atoms with E-state index in [1.54, 1.807) is 29.5 Å². The summed E-state index contributed by atoms with van der Waals surface area (Å²) < 4.78 is 10.6. The van der Waals surface area contributed by atoms with E-state index in [4.69, 9.17) is 9.47 Å². The van der Waals surface area contributed by atoms with Crippen LogP contribution in [0, 0.1) is 6.92 Å². The van der Waals surface area contributed by atoms with Crippen molar-refractivity contribution in [3.05, 3.63) is 64.7 Å². The molecule has 2 heterocycles. The number of carbonyl (C=O) groups is 1. The number of hydrogen-bond acceptors (Lipinski definition) is 5. The molecule has 25 heavy (non-hydrogen) atoms. The Balaban J connectivity index is 1.51. The number of rotatable bonds is 4. The Labute approximate surface area is 149 Å². The molecule has 0 aliphatic carbocycles. The second-order valence-electron chi connectivity index (χ2n) is 5.70. The predicted molar refractivity (Wildman–Crippen MR) is 96.0 cm³/mol. The summed E-state index contributed by atoms with van der Waals surface area (Å²) >= 11 is 1.61. The molecule has 0 spiro atoms. The fourth-order valence-corrected chi connectivity index (χ4v) is 3.53. The molecule has 1 N–H and O–H groups in total. The minimum Gasteiger partial charge on any atom is -0.454 e. The molecule has 126 valence electrons. The zero-order valence-electron chi connectivity index (χ0n) is 13.6. The van der Waals surface area contributed by atoms with Gasteiger partial charge in [-0.05, 0) is 30.7 Å². The Kier molecular flexibility index (Phi) is 4.11. The van der Waals surface area contributed by atoms with Crippen LogP contribution < -0.4 is 14.8 Å². The van der Waals surface area contributed by atoms with E-state index >= 15 is 0 Å². The number of fused-ring (bicyclic) bond motifs is 1.